The molecule has 2 aromatic carbocycles. The molecule has 7 N–H and O–H groups in total. The summed E-state index contributed by atoms with van der Waals surface area (Å²) < 4.78 is 0. The molecule has 0 bridgehead atoms. The van der Waals surface area contributed by atoms with Gasteiger partial charge in [0.25, 0.3) is 0 Å². The molecule has 0 aliphatic heterocycles. The summed E-state index contributed by atoms with van der Waals surface area (Å²) >= 11 is 0. The minimum Gasteiger partial charge on any atom is -0.282 e. The molecule has 2 atom stereocenters. The Morgan fingerprint density at radius 3 is 1.38 bits per heavy atom. The minimum atomic E-state index is -0.827. The zero-order valence-electron chi connectivity index (χ0n) is 16.9. The molecule has 29 heavy (non-hydrogen) atoms. The number of nitrogens with two attached hydrogens (primary N) is 2. The predicted molar refractivity (Wildman–Crippen MR) is 114 cm³/mol. The van der Waals surface area contributed by atoms with Crippen molar-refractivity contribution in [3.63, 3.8) is 0 Å². The van der Waals surface area contributed by atoms with Gasteiger partial charge < -0.3 is 0 Å². The average molecular weight is 399 g/mol. The second-order valence-electron chi connectivity index (χ2n) is 6.53. The van der Waals surface area contributed by atoms with Gasteiger partial charge in [-0.3, -0.25) is 36.4 Å². The Morgan fingerprint density at radius 2 is 1.10 bits per heavy atom. The lowest BCUT2D eigenvalue weighted by atomic mass is 10.2. The molecule has 0 spiro atoms. The van der Waals surface area contributed by atoms with Gasteiger partial charge in [-0.05, 0) is 45.2 Å². The van der Waals surface area contributed by atoms with Gasteiger partial charge in [0, 0.05) is 11.4 Å². The van der Waals surface area contributed by atoms with Crippen LogP contribution in [0.4, 0.5) is 11.4 Å². The summed E-state index contributed by atoms with van der Waals surface area (Å²) in [6.45, 7) is 3.31. The smallest absolute Gasteiger partial charge is 0.247 e. The molecule has 9 nitrogen and oxygen atoms in total. The number of carbonyl (C=O) groups excluding carboxylic acids is 2. The number of benzene rings is 2. The molecule has 2 aromatic rings. The van der Waals surface area contributed by atoms with Gasteiger partial charge in [0.15, 0.2) is 6.29 Å². The van der Waals surface area contributed by atoms with Gasteiger partial charge in [0.1, 0.15) is 0 Å². The van der Waals surface area contributed by atoms with E-state index in [0.717, 1.165) is 0 Å². The third-order valence-corrected chi connectivity index (χ3v) is 4.53. The van der Waals surface area contributed by atoms with Gasteiger partial charge >= 0.3 is 0 Å². The van der Waals surface area contributed by atoms with Crippen molar-refractivity contribution in [3.05, 3.63) is 60.7 Å². The van der Waals surface area contributed by atoms with Crippen LogP contribution in [0, 0.1) is 0 Å². The lowest BCUT2D eigenvalue weighted by Gasteiger charge is -2.41. The Bertz CT molecular complexity index is 722. The maximum atomic E-state index is 13.2. The third kappa shape index (κ3) is 5.17. The fourth-order valence-corrected chi connectivity index (χ4v) is 2.89. The zero-order valence-corrected chi connectivity index (χ0v) is 16.9. The second-order valence-corrected chi connectivity index (χ2v) is 6.53. The highest BCUT2D eigenvalue weighted by Gasteiger charge is 2.36. The molecule has 0 aliphatic carbocycles. The Labute approximate surface area is 171 Å². The van der Waals surface area contributed by atoms with Crippen LogP contribution in [0.1, 0.15) is 13.8 Å². The molecule has 0 aromatic heterocycles. The Morgan fingerprint density at radius 1 is 0.759 bits per heavy atom. The first-order chi connectivity index (χ1) is 14.0. The number of para-hydroxylation sites is 2. The van der Waals surface area contributed by atoms with E-state index < -0.39 is 18.4 Å². The van der Waals surface area contributed by atoms with Crippen LogP contribution in [0.5, 0.6) is 0 Å². The number of hydrogen-bond donors (Lipinski definition) is 5. The quantitative estimate of drug-likeness (QED) is 0.232. The monoisotopic (exact) mass is 399 g/mol. The molecule has 0 unspecified atom stereocenters. The highest BCUT2D eigenvalue weighted by molar-refractivity contribution is 6.02. The molecular formula is C20H29N7O2. The lowest BCUT2D eigenvalue weighted by Crippen LogP contribution is -2.65. The van der Waals surface area contributed by atoms with E-state index in [1.165, 1.54) is 9.80 Å². The summed E-state index contributed by atoms with van der Waals surface area (Å²) in [4.78, 5) is 29.5. The van der Waals surface area contributed by atoms with E-state index in [0.29, 0.717) is 11.4 Å². The van der Waals surface area contributed by atoms with E-state index in [-0.39, 0.29) is 11.8 Å². The van der Waals surface area contributed by atoms with Crippen LogP contribution in [-0.4, -0.2) is 37.2 Å². The van der Waals surface area contributed by atoms with Crippen molar-refractivity contribution in [2.24, 2.45) is 11.7 Å². The highest BCUT2D eigenvalue weighted by atomic mass is 16.2. The van der Waals surface area contributed by atoms with Gasteiger partial charge in [-0.2, -0.15) is 0 Å². The predicted octanol–water partition coefficient (Wildman–Crippen LogP) is 0.259. The molecule has 2 amide bonds. The molecular weight excluding hydrogens is 370 g/mol. The summed E-state index contributed by atoms with van der Waals surface area (Å²) in [6.07, 6.45) is -0.827. The first kappa shape index (κ1) is 22.5. The number of hydrogen-bond acceptors (Lipinski definition) is 7. The Balaban J connectivity index is 2.61. The summed E-state index contributed by atoms with van der Waals surface area (Å²) in [5, 5.41) is 3.09. The number of rotatable bonds is 9. The SMILES string of the molecule is CNC(N(C(=O)[C@H](C)NN)c1ccccc1)N(C(=O)[C@H](C)NN)c1ccccc1. The number of carbonyl (C=O) groups is 2. The summed E-state index contributed by atoms with van der Waals surface area (Å²) in [6, 6.07) is 16.8. The van der Waals surface area contributed by atoms with Gasteiger partial charge in [-0.1, -0.05) is 36.4 Å². The number of anilines is 2. The number of hydrazine groups is 2. The van der Waals surface area contributed by atoms with E-state index in [2.05, 4.69) is 16.2 Å². The Kier molecular flexibility index (Phi) is 8.25. The highest BCUT2D eigenvalue weighted by Crippen LogP contribution is 2.24. The molecule has 0 saturated carbocycles. The van der Waals surface area contributed by atoms with Crippen molar-refractivity contribution in [3.8, 4) is 0 Å². The minimum absolute atomic E-state index is 0.305. The Hall–Kier alpha value is -2.82. The van der Waals surface area contributed by atoms with Crippen molar-refractivity contribution in [2.75, 3.05) is 16.8 Å². The molecule has 9 heteroatoms. The van der Waals surface area contributed by atoms with E-state index in [4.69, 9.17) is 11.7 Å². The first-order valence-corrected chi connectivity index (χ1v) is 9.32. The van der Waals surface area contributed by atoms with Crippen LogP contribution >= 0.6 is 0 Å². The average Bonchev–Trinajstić information content (AvgIpc) is 2.78. The maximum absolute atomic E-state index is 13.2. The van der Waals surface area contributed by atoms with E-state index in [1.807, 2.05) is 36.4 Å². The van der Waals surface area contributed by atoms with Crippen molar-refractivity contribution in [2.45, 2.75) is 32.2 Å². The topological polar surface area (TPSA) is 129 Å². The van der Waals surface area contributed by atoms with Gasteiger partial charge in [-0.25, -0.2) is 10.9 Å². The van der Waals surface area contributed by atoms with Gasteiger partial charge in [0.2, 0.25) is 11.8 Å². The number of nitrogens with one attached hydrogen (secondary N) is 3. The standard InChI is InChI=1S/C20H29N7O2/c1-14(24-21)18(28)26(16-10-6-4-7-11-16)20(23-3)27(19(29)15(2)25-22)17-12-8-5-9-13-17/h4-15,20,23-25H,21-22H2,1-3H3/t14-,15-/m0/s1. The van der Waals surface area contributed by atoms with Crippen molar-refractivity contribution < 1.29 is 9.59 Å². The van der Waals surface area contributed by atoms with Crippen LogP contribution in [-0.2, 0) is 9.59 Å². The van der Waals surface area contributed by atoms with E-state index in [9.17, 15) is 9.59 Å². The molecule has 0 saturated heterocycles. The van der Waals surface area contributed by atoms with E-state index >= 15 is 0 Å². The molecule has 0 aliphatic rings. The third-order valence-electron chi connectivity index (χ3n) is 4.53. The first-order valence-electron chi connectivity index (χ1n) is 9.32. The van der Waals surface area contributed by atoms with Gasteiger partial charge in [-0.15, -0.1) is 0 Å². The second kappa shape index (κ2) is 10.6. The van der Waals surface area contributed by atoms with Gasteiger partial charge in [0.05, 0.1) is 12.1 Å². The molecule has 0 heterocycles. The summed E-state index contributed by atoms with van der Waals surface area (Å²) in [5.74, 6) is 10.4. The number of amides is 2. The largest absolute Gasteiger partial charge is 0.282 e. The molecule has 156 valence electrons. The fourth-order valence-electron chi connectivity index (χ4n) is 2.89. The normalized spacial score (nSPS) is 13.0. The van der Waals surface area contributed by atoms with Crippen molar-refractivity contribution in [1.29, 1.82) is 0 Å². The molecule has 0 fully saturated rings. The number of nitrogens with zero attached hydrogens (tertiary/aromatic N) is 2. The van der Waals surface area contributed by atoms with E-state index in [1.54, 1.807) is 45.2 Å². The van der Waals surface area contributed by atoms with Crippen molar-refractivity contribution >= 4 is 23.2 Å². The van der Waals surface area contributed by atoms with Crippen LogP contribution in [0.3, 0.4) is 0 Å². The zero-order chi connectivity index (χ0) is 21.4. The van der Waals surface area contributed by atoms with Crippen LogP contribution < -0.4 is 37.7 Å². The van der Waals surface area contributed by atoms with Crippen LogP contribution in [0.15, 0.2) is 60.7 Å². The molecule has 0 radical (unpaired) electrons. The summed E-state index contributed by atoms with van der Waals surface area (Å²) in [7, 11) is 1.68. The van der Waals surface area contributed by atoms with Crippen LogP contribution in [0.2, 0.25) is 0 Å². The van der Waals surface area contributed by atoms with Crippen LogP contribution in [0.25, 0.3) is 0 Å². The molecule has 2 rings (SSSR count). The maximum Gasteiger partial charge on any atom is 0.247 e. The van der Waals surface area contributed by atoms with Crippen molar-refractivity contribution in [1.82, 2.24) is 16.2 Å². The lowest BCUT2D eigenvalue weighted by molar-refractivity contribution is -0.122. The fraction of sp³-hybridized carbons (Fsp3) is 0.300. The summed E-state index contributed by atoms with van der Waals surface area (Å²) in [5.41, 5.74) is 6.19.